The lowest BCUT2D eigenvalue weighted by Gasteiger charge is -2.15. The van der Waals surface area contributed by atoms with Crippen LogP contribution >= 0.6 is 7.82 Å². The zero-order valence-corrected chi connectivity index (χ0v) is 23.7. The van der Waals surface area contributed by atoms with Gasteiger partial charge in [0, 0.05) is 6.42 Å². The molecule has 1 aliphatic rings. The van der Waals surface area contributed by atoms with Crippen LogP contribution in [0, 0.1) is 0 Å². The topological polar surface area (TPSA) is 82.1 Å². The fourth-order valence-electron chi connectivity index (χ4n) is 4.75. The Bertz CT molecular complexity index is 556. The fourth-order valence-corrected chi connectivity index (χ4v) is 5.96. The summed E-state index contributed by atoms with van der Waals surface area (Å²) in [5.41, 5.74) is 0. The van der Waals surface area contributed by atoms with Crippen LogP contribution in [-0.4, -0.2) is 29.7 Å². The number of ether oxygens (including phenoxy) is 1. The maximum absolute atomic E-state index is 11.9. The molecule has 208 valence electrons. The smallest absolute Gasteiger partial charge is 0.466 e. The van der Waals surface area contributed by atoms with Gasteiger partial charge in [0.05, 0.1) is 18.8 Å². The van der Waals surface area contributed by atoms with Crippen molar-refractivity contribution in [2.75, 3.05) is 6.61 Å². The monoisotopic (exact) mass is 518 g/mol. The average molecular weight is 519 g/mol. The number of phosphoric ester groups is 1. The molecule has 0 aromatic carbocycles. The van der Waals surface area contributed by atoms with Crippen LogP contribution in [0.3, 0.4) is 0 Å². The van der Waals surface area contributed by atoms with Gasteiger partial charge in [0.15, 0.2) is 0 Å². The maximum atomic E-state index is 11.9. The minimum absolute atomic E-state index is 0.0688. The van der Waals surface area contributed by atoms with E-state index in [0.29, 0.717) is 13.0 Å². The number of carbonyl (C=O) groups excluding carboxylic acids is 1. The molecule has 0 saturated carbocycles. The van der Waals surface area contributed by atoms with Crippen LogP contribution in [0.5, 0.6) is 0 Å². The summed E-state index contributed by atoms with van der Waals surface area (Å²) in [5.74, 6) is -0.0688. The highest BCUT2D eigenvalue weighted by Crippen LogP contribution is 2.54. The van der Waals surface area contributed by atoms with Gasteiger partial charge >= 0.3 is 13.8 Å². The molecule has 0 aromatic heterocycles. The molecule has 1 fully saturated rings. The lowest BCUT2D eigenvalue weighted by Crippen LogP contribution is -2.22. The van der Waals surface area contributed by atoms with Crippen molar-refractivity contribution in [2.45, 2.75) is 167 Å². The minimum atomic E-state index is -3.87. The van der Waals surface area contributed by atoms with Gasteiger partial charge in [0.2, 0.25) is 0 Å². The number of phosphoric acid groups is 1. The number of hydrogen-bond donors (Lipinski definition) is 1. The highest BCUT2D eigenvalue weighted by Gasteiger charge is 2.42. The molecule has 1 saturated heterocycles. The predicted molar refractivity (Wildman–Crippen MR) is 143 cm³/mol. The van der Waals surface area contributed by atoms with Crippen LogP contribution in [0.4, 0.5) is 0 Å². The molecular weight excluding hydrogens is 463 g/mol. The predicted octanol–water partition coefficient (Wildman–Crippen LogP) is 9.04. The third-order valence-corrected chi connectivity index (χ3v) is 8.00. The second kappa shape index (κ2) is 21.6. The van der Waals surface area contributed by atoms with Crippen LogP contribution in [0.1, 0.15) is 155 Å². The van der Waals surface area contributed by atoms with Crippen LogP contribution in [0.25, 0.3) is 0 Å². The normalized spacial score (nSPS) is 22.0. The quantitative estimate of drug-likeness (QED) is 0.0779. The molecule has 7 heteroatoms. The summed E-state index contributed by atoms with van der Waals surface area (Å²) < 4.78 is 27.9. The van der Waals surface area contributed by atoms with E-state index in [4.69, 9.17) is 13.8 Å². The molecule has 35 heavy (non-hydrogen) atoms. The third kappa shape index (κ3) is 18.5. The SMILES string of the molecule is CCCCCCCCCCOC(=O)CCCCCCCC1OP(=O)(O)OC1CCCCCCCC. The summed E-state index contributed by atoms with van der Waals surface area (Å²) >= 11 is 0. The van der Waals surface area contributed by atoms with Gasteiger partial charge in [-0.25, -0.2) is 4.57 Å². The van der Waals surface area contributed by atoms with Gasteiger partial charge in [-0.05, 0) is 25.7 Å². The van der Waals surface area contributed by atoms with Crippen molar-refractivity contribution in [1.82, 2.24) is 0 Å². The van der Waals surface area contributed by atoms with E-state index < -0.39 is 7.82 Å². The van der Waals surface area contributed by atoms with Crippen LogP contribution in [0.2, 0.25) is 0 Å². The Morgan fingerprint density at radius 3 is 1.54 bits per heavy atom. The maximum Gasteiger partial charge on any atom is 0.472 e. The van der Waals surface area contributed by atoms with Crippen molar-refractivity contribution in [1.29, 1.82) is 0 Å². The number of rotatable bonds is 24. The van der Waals surface area contributed by atoms with E-state index in [1.165, 1.54) is 64.2 Å². The van der Waals surface area contributed by atoms with Crippen molar-refractivity contribution < 1.29 is 28.0 Å². The van der Waals surface area contributed by atoms with Crippen molar-refractivity contribution >= 4 is 13.8 Å². The minimum Gasteiger partial charge on any atom is -0.466 e. The Balaban J connectivity index is 1.98. The average Bonchev–Trinajstić information content (AvgIpc) is 3.12. The molecule has 3 unspecified atom stereocenters. The van der Waals surface area contributed by atoms with Gasteiger partial charge in [0.25, 0.3) is 0 Å². The van der Waals surface area contributed by atoms with Crippen molar-refractivity contribution in [2.24, 2.45) is 0 Å². The van der Waals surface area contributed by atoms with Crippen molar-refractivity contribution in [3.05, 3.63) is 0 Å². The van der Waals surface area contributed by atoms with E-state index in [1.807, 2.05) is 0 Å². The first kappa shape index (κ1) is 32.6. The first-order chi connectivity index (χ1) is 17.0. The molecule has 0 spiro atoms. The summed E-state index contributed by atoms with van der Waals surface area (Å²) in [6.45, 7) is 5.01. The van der Waals surface area contributed by atoms with Gasteiger partial charge in [-0.15, -0.1) is 0 Å². The number of carbonyl (C=O) groups is 1. The zero-order chi connectivity index (χ0) is 25.6. The van der Waals surface area contributed by atoms with E-state index in [0.717, 1.165) is 70.6 Å². The van der Waals surface area contributed by atoms with E-state index in [-0.39, 0.29) is 18.2 Å². The van der Waals surface area contributed by atoms with E-state index in [2.05, 4.69) is 13.8 Å². The second-order valence-corrected chi connectivity index (χ2v) is 11.7. The first-order valence-corrected chi connectivity index (χ1v) is 16.3. The summed E-state index contributed by atoms with van der Waals surface area (Å²) in [6, 6.07) is 0. The molecule has 0 radical (unpaired) electrons. The highest BCUT2D eigenvalue weighted by atomic mass is 31.2. The molecule has 0 bridgehead atoms. The number of hydrogen-bond acceptors (Lipinski definition) is 5. The Labute approximate surface area is 215 Å². The Hall–Kier alpha value is -0.420. The Morgan fingerprint density at radius 2 is 1.06 bits per heavy atom. The molecule has 1 heterocycles. The van der Waals surface area contributed by atoms with E-state index in [1.54, 1.807) is 0 Å². The third-order valence-electron chi connectivity index (χ3n) is 6.92. The van der Waals surface area contributed by atoms with Crippen LogP contribution < -0.4 is 0 Å². The summed E-state index contributed by atoms with van der Waals surface area (Å²) in [7, 11) is -3.87. The molecule has 1 aliphatic heterocycles. The molecule has 1 N–H and O–H groups in total. The molecule has 0 aromatic rings. The Kier molecular flexibility index (Phi) is 20.2. The lowest BCUT2D eigenvalue weighted by molar-refractivity contribution is -0.143. The number of esters is 1. The zero-order valence-electron chi connectivity index (χ0n) is 22.9. The molecule has 3 atom stereocenters. The van der Waals surface area contributed by atoms with Crippen LogP contribution in [0.15, 0.2) is 0 Å². The van der Waals surface area contributed by atoms with Gasteiger partial charge in [-0.3, -0.25) is 13.8 Å². The summed E-state index contributed by atoms with van der Waals surface area (Å²) in [4.78, 5) is 21.6. The molecule has 6 nitrogen and oxygen atoms in total. The van der Waals surface area contributed by atoms with Crippen molar-refractivity contribution in [3.8, 4) is 0 Å². The molecule has 0 amide bonds. The Morgan fingerprint density at radius 1 is 0.657 bits per heavy atom. The first-order valence-electron chi connectivity index (χ1n) is 14.8. The summed E-state index contributed by atoms with van der Waals surface area (Å²) in [5, 5.41) is 0. The lowest BCUT2D eigenvalue weighted by atomic mass is 9.99. The van der Waals surface area contributed by atoms with Crippen molar-refractivity contribution in [3.63, 3.8) is 0 Å². The van der Waals surface area contributed by atoms with Gasteiger partial charge in [-0.2, -0.15) is 0 Å². The largest absolute Gasteiger partial charge is 0.472 e. The van der Waals surface area contributed by atoms with Gasteiger partial charge in [-0.1, -0.05) is 123 Å². The number of unbranched alkanes of at least 4 members (excludes halogenated alkanes) is 16. The van der Waals surface area contributed by atoms with E-state index >= 15 is 0 Å². The van der Waals surface area contributed by atoms with Crippen LogP contribution in [-0.2, 0) is 23.1 Å². The molecule has 1 rings (SSSR count). The highest BCUT2D eigenvalue weighted by molar-refractivity contribution is 7.47. The second-order valence-electron chi connectivity index (χ2n) is 10.3. The summed E-state index contributed by atoms with van der Waals surface area (Å²) in [6.07, 6.45) is 23.6. The molecule has 0 aliphatic carbocycles. The molecular formula is C28H55O6P. The standard InChI is InChI=1S/C28H55O6P/c1-3-5-7-9-11-12-17-21-25-32-28(29)24-20-16-13-15-19-23-27-26(33-35(30,31)34-27)22-18-14-10-8-6-4-2/h26-27H,3-25H2,1-2H3,(H,30,31). The fraction of sp³-hybridized carbons (Fsp3) is 0.964. The van der Waals surface area contributed by atoms with Gasteiger partial charge in [0.1, 0.15) is 0 Å². The van der Waals surface area contributed by atoms with Gasteiger partial charge < -0.3 is 9.63 Å². The van der Waals surface area contributed by atoms with E-state index in [9.17, 15) is 14.3 Å².